The highest BCUT2D eigenvalue weighted by Gasteiger charge is 2.36. The van der Waals surface area contributed by atoms with Crippen LogP contribution in [0.2, 0.25) is 0 Å². The van der Waals surface area contributed by atoms with Crippen LogP contribution >= 0.6 is 0 Å². The molecule has 13 heteroatoms. The zero-order chi connectivity index (χ0) is 26.6. The molecule has 4 aromatic heterocycles. The highest BCUT2D eigenvalue weighted by molar-refractivity contribution is 5.77. The van der Waals surface area contributed by atoms with Crippen LogP contribution in [0.5, 0.6) is 6.01 Å². The van der Waals surface area contributed by atoms with E-state index in [1.54, 1.807) is 30.1 Å². The van der Waals surface area contributed by atoms with E-state index in [2.05, 4.69) is 30.2 Å². The van der Waals surface area contributed by atoms with E-state index >= 15 is 0 Å². The molecule has 196 valence electrons. The van der Waals surface area contributed by atoms with E-state index in [0.717, 1.165) is 6.07 Å². The average molecular weight is 518 g/mol. The molecule has 0 aliphatic rings. The van der Waals surface area contributed by atoms with Gasteiger partial charge in [0.15, 0.2) is 5.65 Å². The lowest BCUT2D eigenvalue weighted by Gasteiger charge is -2.22. The summed E-state index contributed by atoms with van der Waals surface area (Å²) in [6.45, 7) is 4.61. The van der Waals surface area contributed by atoms with Crippen molar-refractivity contribution in [2.45, 2.75) is 26.6 Å². The Kier molecular flexibility index (Phi) is 7.55. The van der Waals surface area contributed by atoms with Crippen molar-refractivity contribution in [3.8, 4) is 17.1 Å². The van der Waals surface area contributed by atoms with Gasteiger partial charge in [0.2, 0.25) is 0 Å². The first-order chi connectivity index (χ1) is 17.6. The Hall–Kier alpha value is -3.84. The number of hydrogen-bond donors (Lipinski definition) is 2. The predicted octanol–water partition coefficient (Wildman–Crippen LogP) is 4.09. The molecule has 0 saturated carbocycles. The Labute approximate surface area is 210 Å². The van der Waals surface area contributed by atoms with Crippen LogP contribution < -0.4 is 10.1 Å². The van der Waals surface area contributed by atoms with Crippen molar-refractivity contribution in [1.82, 2.24) is 29.5 Å². The van der Waals surface area contributed by atoms with Crippen molar-refractivity contribution in [3.63, 3.8) is 0 Å². The summed E-state index contributed by atoms with van der Waals surface area (Å²) in [7, 11) is 1.56. The number of ether oxygens (including phenoxy) is 2. The fourth-order valence-corrected chi connectivity index (χ4v) is 3.44. The third-order valence-electron chi connectivity index (χ3n) is 5.41. The van der Waals surface area contributed by atoms with Gasteiger partial charge in [-0.15, -0.1) is 0 Å². The smallest absolute Gasteiger partial charge is 0.420 e. The molecule has 37 heavy (non-hydrogen) atoms. The second-order valence-corrected chi connectivity index (χ2v) is 9.07. The van der Waals surface area contributed by atoms with Crippen molar-refractivity contribution < 1.29 is 27.8 Å². The van der Waals surface area contributed by atoms with Crippen LogP contribution in [0.3, 0.4) is 0 Å². The molecule has 0 aliphatic carbocycles. The summed E-state index contributed by atoms with van der Waals surface area (Å²) < 4.78 is 53.4. The standard InChI is InChI=1S/C24H26F3N7O3/c1-23(2,13-35)12-34-14-31-18-8-17(24(25,26)27)20(33-21(18)34)32-19-5-4-15(9-28-19)16-10-29-22(30-11-16)37-7-6-36-3/h4-5,8-11,14,35H,6-7,12-13H2,1-3H3,(H,28,32,33). The number of aliphatic hydroxyl groups is 1. The number of pyridine rings is 2. The Balaban J connectivity index is 1.59. The van der Waals surface area contributed by atoms with Crippen molar-refractivity contribution in [2.75, 3.05) is 32.2 Å². The maximum atomic E-state index is 13.8. The summed E-state index contributed by atoms with van der Waals surface area (Å²) in [5.74, 6) is -0.229. The number of hydrogen-bond acceptors (Lipinski definition) is 9. The number of anilines is 2. The van der Waals surface area contributed by atoms with E-state index in [-0.39, 0.29) is 29.6 Å². The van der Waals surface area contributed by atoms with Crippen molar-refractivity contribution in [1.29, 1.82) is 0 Å². The minimum atomic E-state index is -4.66. The Morgan fingerprint density at radius 1 is 1.00 bits per heavy atom. The molecule has 0 unspecified atom stereocenters. The van der Waals surface area contributed by atoms with Crippen molar-refractivity contribution in [3.05, 3.63) is 48.7 Å². The zero-order valence-electron chi connectivity index (χ0n) is 20.5. The molecule has 0 bridgehead atoms. The molecule has 0 atom stereocenters. The third-order valence-corrected chi connectivity index (χ3v) is 5.41. The van der Waals surface area contributed by atoms with E-state index in [9.17, 15) is 18.3 Å². The number of aromatic nitrogens is 6. The molecule has 4 rings (SSSR count). The quantitative estimate of drug-likeness (QED) is 0.300. The van der Waals surface area contributed by atoms with Gasteiger partial charge in [-0.25, -0.2) is 24.9 Å². The van der Waals surface area contributed by atoms with Crippen LogP contribution in [-0.2, 0) is 17.5 Å². The first-order valence-electron chi connectivity index (χ1n) is 11.3. The fourth-order valence-electron chi connectivity index (χ4n) is 3.44. The molecule has 10 nitrogen and oxygen atoms in total. The Morgan fingerprint density at radius 2 is 1.73 bits per heavy atom. The van der Waals surface area contributed by atoms with Crippen LogP contribution in [-0.4, -0.2) is 61.5 Å². The highest BCUT2D eigenvalue weighted by Crippen LogP contribution is 2.37. The Bertz CT molecular complexity index is 1340. The summed E-state index contributed by atoms with van der Waals surface area (Å²) >= 11 is 0. The van der Waals surface area contributed by atoms with E-state index in [0.29, 0.717) is 30.9 Å². The minimum absolute atomic E-state index is 0.101. The molecule has 0 amide bonds. The summed E-state index contributed by atoms with van der Waals surface area (Å²) in [6.07, 6.45) is 1.37. The van der Waals surface area contributed by atoms with Gasteiger partial charge in [-0.3, -0.25) is 0 Å². The molecule has 4 heterocycles. The number of alkyl halides is 3. The second kappa shape index (κ2) is 10.6. The number of nitrogens with one attached hydrogen (secondary N) is 1. The fraction of sp³-hybridized carbons (Fsp3) is 0.375. The first kappa shape index (κ1) is 26.2. The van der Waals surface area contributed by atoms with Crippen molar-refractivity contribution >= 4 is 22.8 Å². The number of rotatable bonds is 10. The number of imidazole rings is 1. The van der Waals surface area contributed by atoms with Crippen molar-refractivity contribution in [2.24, 2.45) is 5.41 Å². The maximum Gasteiger partial charge on any atom is 0.420 e. The molecule has 0 saturated heterocycles. The van der Waals surface area contributed by atoms with Gasteiger partial charge in [0.1, 0.15) is 29.3 Å². The van der Waals surface area contributed by atoms with Gasteiger partial charge in [0.05, 0.1) is 12.9 Å². The van der Waals surface area contributed by atoms with Gasteiger partial charge >= 0.3 is 12.2 Å². The molecule has 4 aromatic rings. The third kappa shape index (κ3) is 6.30. The Morgan fingerprint density at radius 3 is 2.35 bits per heavy atom. The monoisotopic (exact) mass is 517 g/mol. The number of methoxy groups -OCH3 is 1. The van der Waals surface area contributed by atoms with Crippen LogP contribution in [0.4, 0.5) is 24.8 Å². The number of halogens is 3. The zero-order valence-corrected chi connectivity index (χ0v) is 20.5. The highest BCUT2D eigenvalue weighted by atomic mass is 19.4. The normalized spacial score (nSPS) is 12.2. The number of aliphatic hydroxyl groups excluding tert-OH is 1. The maximum absolute atomic E-state index is 13.8. The van der Waals surface area contributed by atoms with Gasteiger partial charge in [0, 0.05) is 55.4 Å². The van der Waals surface area contributed by atoms with Gasteiger partial charge in [-0.05, 0) is 18.2 Å². The molecule has 0 radical (unpaired) electrons. The predicted molar refractivity (Wildman–Crippen MR) is 129 cm³/mol. The summed E-state index contributed by atoms with van der Waals surface area (Å²) in [6, 6.07) is 4.38. The molecule has 2 N–H and O–H groups in total. The lowest BCUT2D eigenvalue weighted by atomic mass is 9.95. The molecule has 0 aliphatic heterocycles. The number of fused-ring (bicyclic) bond motifs is 1. The van der Waals surface area contributed by atoms with Gasteiger partial charge < -0.3 is 24.5 Å². The van der Waals surface area contributed by atoms with E-state index in [4.69, 9.17) is 9.47 Å². The lowest BCUT2D eigenvalue weighted by molar-refractivity contribution is -0.137. The van der Waals surface area contributed by atoms with Gasteiger partial charge in [-0.2, -0.15) is 13.2 Å². The van der Waals surface area contributed by atoms with E-state index in [1.807, 2.05) is 13.8 Å². The SMILES string of the molecule is COCCOc1ncc(-c2ccc(Nc3nc4c(cc3C(F)(F)F)ncn4CC(C)(C)CO)nc2)cn1. The first-order valence-corrected chi connectivity index (χ1v) is 11.3. The van der Waals surface area contributed by atoms with E-state index < -0.39 is 23.0 Å². The summed E-state index contributed by atoms with van der Waals surface area (Å²) in [5, 5.41) is 12.3. The van der Waals surface area contributed by atoms with Crippen LogP contribution in [0.25, 0.3) is 22.3 Å². The van der Waals surface area contributed by atoms with Crippen LogP contribution in [0.15, 0.2) is 43.1 Å². The molecule has 0 fully saturated rings. The topological polar surface area (TPSA) is 120 Å². The van der Waals surface area contributed by atoms with Crippen LogP contribution in [0.1, 0.15) is 19.4 Å². The molecular weight excluding hydrogens is 491 g/mol. The largest absolute Gasteiger partial charge is 0.461 e. The second-order valence-electron chi connectivity index (χ2n) is 9.07. The minimum Gasteiger partial charge on any atom is -0.461 e. The number of nitrogens with zero attached hydrogens (tertiary/aromatic N) is 6. The molecule has 0 spiro atoms. The van der Waals surface area contributed by atoms with Crippen LogP contribution in [0, 0.1) is 5.41 Å². The van der Waals surface area contributed by atoms with E-state index in [1.165, 1.54) is 18.6 Å². The van der Waals surface area contributed by atoms with Gasteiger partial charge in [0.25, 0.3) is 0 Å². The summed E-state index contributed by atoms with van der Waals surface area (Å²) in [5.41, 5.74) is 0.209. The average Bonchev–Trinajstić information content (AvgIpc) is 3.25. The van der Waals surface area contributed by atoms with Gasteiger partial charge in [-0.1, -0.05) is 13.8 Å². The summed E-state index contributed by atoms with van der Waals surface area (Å²) in [4.78, 5) is 20.8. The molecular formula is C24H26F3N7O3. The lowest BCUT2D eigenvalue weighted by Crippen LogP contribution is -2.23. The molecule has 0 aromatic carbocycles.